The molecule has 0 rings (SSSR count). The molecule has 0 aromatic carbocycles. The molecule has 0 saturated carbocycles. The van der Waals surface area contributed by atoms with Crippen LogP contribution in [0.4, 0.5) is 4.79 Å². The van der Waals surface area contributed by atoms with Crippen molar-refractivity contribution >= 4 is 6.16 Å². The first-order valence-electron chi connectivity index (χ1n) is 3.82. The van der Waals surface area contributed by atoms with Gasteiger partial charge in [-0.1, -0.05) is 19.9 Å². The maximum atomic E-state index is 10.7. The molecule has 0 fully saturated rings. The van der Waals surface area contributed by atoms with E-state index in [9.17, 15) is 4.79 Å². The molecule has 3 nitrogen and oxygen atoms in total. The van der Waals surface area contributed by atoms with E-state index in [-0.39, 0.29) is 11.5 Å². The minimum Gasteiger partial charge on any atom is -0.438 e. The van der Waals surface area contributed by atoms with Crippen LogP contribution >= 0.6 is 0 Å². The molecule has 0 aliphatic carbocycles. The lowest BCUT2D eigenvalue weighted by Gasteiger charge is -2.26. The van der Waals surface area contributed by atoms with Gasteiger partial charge in [0.05, 0.1) is 7.11 Å². The number of carbonyl (C=O) groups is 1. The smallest absolute Gasteiger partial charge is 0.438 e. The minimum absolute atomic E-state index is 0.228. The van der Waals surface area contributed by atoms with Crippen molar-refractivity contribution in [2.24, 2.45) is 5.41 Å². The number of hydrogen-bond donors (Lipinski definition) is 0. The SMILES string of the molecule is C=CC(C)(C)C(C)OC(=O)OC. The highest BCUT2D eigenvalue weighted by atomic mass is 16.7. The van der Waals surface area contributed by atoms with E-state index in [1.54, 1.807) is 13.0 Å². The van der Waals surface area contributed by atoms with Gasteiger partial charge in [0.15, 0.2) is 0 Å². The predicted octanol–water partition coefficient (Wildman–Crippen LogP) is 2.37. The number of carbonyl (C=O) groups excluding carboxylic acids is 1. The van der Waals surface area contributed by atoms with Gasteiger partial charge in [0.25, 0.3) is 0 Å². The molecule has 0 amide bonds. The molecule has 0 aliphatic heterocycles. The predicted molar refractivity (Wildman–Crippen MR) is 46.9 cm³/mol. The van der Waals surface area contributed by atoms with Gasteiger partial charge < -0.3 is 9.47 Å². The van der Waals surface area contributed by atoms with Gasteiger partial charge in [-0.2, -0.15) is 0 Å². The molecule has 3 heteroatoms. The molecular formula is C9H16O3. The monoisotopic (exact) mass is 172 g/mol. The van der Waals surface area contributed by atoms with Gasteiger partial charge >= 0.3 is 6.16 Å². The van der Waals surface area contributed by atoms with Crippen molar-refractivity contribution in [2.75, 3.05) is 7.11 Å². The molecule has 1 unspecified atom stereocenters. The van der Waals surface area contributed by atoms with Crippen LogP contribution in [0, 0.1) is 5.41 Å². The molecule has 70 valence electrons. The second-order valence-corrected chi connectivity index (χ2v) is 3.24. The molecule has 0 bridgehead atoms. The number of methoxy groups -OCH3 is 1. The van der Waals surface area contributed by atoms with E-state index in [1.807, 2.05) is 13.8 Å². The first-order chi connectivity index (χ1) is 5.44. The van der Waals surface area contributed by atoms with Crippen molar-refractivity contribution in [1.82, 2.24) is 0 Å². The quantitative estimate of drug-likeness (QED) is 0.484. The largest absolute Gasteiger partial charge is 0.508 e. The third kappa shape index (κ3) is 2.95. The Kier molecular flexibility index (Phi) is 3.80. The van der Waals surface area contributed by atoms with E-state index in [2.05, 4.69) is 11.3 Å². The minimum atomic E-state index is -0.655. The van der Waals surface area contributed by atoms with Gasteiger partial charge in [-0.25, -0.2) is 4.79 Å². The van der Waals surface area contributed by atoms with Gasteiger partial charge in [0.1, 0.15) is 6.10 Å². The zero-order valence-electron chi connectivity index (χ0n) is 8.09. The van der Waals surface area contributed by atoms with Crippen LogP contribution in [0.15, 0.2) is 12.7 Å². The fraction of sp³-hybridized carbons (Fsp3) is 0.667. The van der Waals surface area contributed by atoms with Crippen molar-refractivity contribution in [3.8, 4) is 0 Å². The summed E-state index contributed by atoms with van der Waals surface area (Å²) in [5, 5.41) is 0. The Bertz CT molecular complexity index is 173. The average Bonchev–Trinajstić information content (AvgIpc) is 2.04. The Morgan fingerprint density at radius 2 is 2.08 bits per heavy atom. The molecule has 12 heavy (non-hydrogen) atoms. The molecule has 0 radical (unpaired) electrons. The summed E-state index contributed by atoms with van der Waals surface area (Å²) in [5.74, 6) is 0. The van der Waals surface area contributed by atoms with Crippen LogP contribution in [0.3, 0.4) is 0 Å². The Morgan fingerprint density at radius 1 is 1.58 bits per heavy atom. The Balaban J connectivity index is 4.11. The van der Waals surface area contributed by atoms with Crippen molar-refractivity contribution in [1.29, 1.82) is 0 Å². The third-order valence-electron chi connectivity index (χ3n) is 2.01. The van der Waals surface area contributed by atoms with Gasteiger partial charge in [-0.15, -0.1) is 6.58 Å². The lowest BCUT2D eigenvalue weighted by atomic mass is 9.88. The Morgan fingerprint density at radius 3 is 2.42 bits per heavy atom. The van der Waals surface area contributed by atoms with Crippen LogP contribution in [0.2, 0.25) is 0 Å². The Labute approximate surface area is 73.4 Å². The van der Waals surface area contributed by atoms with E-state index < -0.39 is 6.16 Å². The summed E-state index contributed by atoms with van der Waals surface area (Å²) in [6.45, 7) is 9.33. The van der Waals surface area contributed by atoms with Gasteiger partial charge in [0.2, 0.25) is 0 Å². The lowest BCUT2D eigenvalue weighted by Crippen LogP contribution is -2.29. The van der Waals surface area contributed by atoms with Crippen LogP contribution in [0.25, 0.3) is 0 Å². The maximum Gasteiger partial charge on any atom is 0.508 e. The van der Waals surface area contributed by atoms with Crippen LogP contribution < -0.4 is 0 Å². The van der Waals surface area contributed by atoms with Crippen LogP contribution in [-0.4, -0.2) is 19.4 Å². The van der Waals surface area contributed by atoms with Crippen molar-refractivity contribution in [3.63, 3.8) is 0 Å². The number of ether oxygens (including phenoxy) is 2. The van der Waals surface area contributed by atoms with Crippen molar-refractivity contribution < 1.29 is 14.3 Å². The fourth-order valence-corrected chi connectivity index (χ4v) is 0.510. The molecule has 0 heterocycles. The molecule has 0 spiro atoms. The molecule has 0 aliphatic rings. The van der Waals surface area contributed by atoms with Gasteiger partial charge in [0, 0.05) is 5.41 Å². The van der Waals surface area contributed by atoms with E-state index >= 15 is 0 Å². The summed E-state index contributed by atoms with van der Waals surface area (Å²) in [7, 11) is 1.29. The first-order valence-corrected chi connectivity index (χ1v) is 3.82. The molecule has 1 atom stereocenters. The summed E-state index contributed by atoms with van der Waals surface area (Å²) in [6.07, 6.45) is 0.862. The summed E-state index contributed by atoms with van der Waals surface area (Å²) < 4.78 is 9.29. The van der Waals surface area contributed by atoms with E-state index in [4.69, 9.17) is 4.74 Å². The summed E-state index contributed by atoms with van der Waals surface area (Å²) in [5.41, 5.74) is -0.228. The fourth-order valence-electron chi connectivity index (χ4n) is 0.510. The zero-order valence-corrected chi connectivity index (χ0v) is 8.09. The van der Waals surface area contributed by atoms with Crippen molar-refractivity contribution in [2.45, 2.75) is 26.9 Å². The maximum absolute atomic E-state index is 10.7. The molecular weight excluding hydrogens is 156 g/mol. The topological polar surface area (TPSA) is 35.5 Å². The van der Waals surface area contributed by atoms with Gasteiger partial charge in [-0.3, -0.25) is 0 Å². The molecule has 0 N–H and O–H groups in total. The summed E-state index contributed by atoms with van der Waals surface area (Å²) >= 11 is 0. The molecule has 0 aromatic rings. The van der Waals surface area contributed by atoms with Gasteiger partial charge in [-0.05, 0) is 6.92 Å². The normalized spacial score (nSPS) is 13.3. The van der Waals surface area contributed by atoms with E-state index in [1.165, 1.54) is 7.11 Å². The van der Waals surface area contributed by atoms with Crippen LogP contribution in [0.5, 0.6) is 0 Å². The molecule has 0 saturated heterocycles. The van der Waals surface area contributed by atoms with Crippen molar-refractivity contribution in [3.05, 3.63) is 12.7 Å². The summed E-state index contributed by atoms with van der Waals surface area (Å²) in [6, 6.07) is 0. The third-order valence-corrected chi connectivity index (χ3v) is 2.01. The number of rotatable bonds is 3. The lowest BCUT2D eigenvalue weighted by molar-refractivity contribution is 0.00971. The van der Waals surface area contributed by atoms with E-state index in [0.29, 0.717) is 0 Å². The zero-order chi connectivity index (χ0) is 9.78. The highest BCUT2D eigenvalue weighted by molar-refractivity contribution is 5.59. The first kappa shape index (κ1) is 11.0. The molecule has 0 aromatic heterocycles. The highest BCUT2D eigenvalue weighted by Gasteiger charge is 2.25. The second-order valence-electron chi connectivity index (χ2n) is 3.24. The standard InChI is InChI=1S/C9H16O3/c1-6-9(3,4)7(2)12-8(10)11-5/h6-7H,1H2,2-5H3. The second kappa shape index (κ2) is 4.14. The Hall–Kier alpha value is -0.990. The highest BCUT2D eigenvalue weighted by Crippen LogP contribution is 2.24. The summed E-state index contributed by atoms with van der Waals surface area (Å²) in [4.78, 5) is 10.7. The van der Waals surface area contributed by atoms with Crippen LogP contribution in [0.1, 0.15) is 20.8 Å². The van der Waals surface area contributed by atoms with E-state index in [0.717, 1.165) is 0 Å². The van der Waals surface area contributed by atoms with Crippen LogP contribution in [-0.2, 0) is 9.47 Å². The average molecular weight is 172 g/mol. The number of hydrogen-bond acceptors (Lipinski definition) is 3.